The summed E-state index contributed by atoms with van der Waals surface area (Å²) in [5, 5.41) is 10.7. The Bertz CT molecular complexity index is 630. The standard InChI is InChI=1S/C10H12N4O6/c11-6(15)3-13(5-10(19)20)9(18)4-14-8(17)2-1-7(16)12-14/h1-2H,3-5H2,(H2,11,15)(H,12,16)(H,19,20). The highest BCUT2D eigenvalue weighted by atomic mass is 16.4. The van der Waals surface area contributed by atoms with Crippen molar-refractivity contribution in [1.29, 1.82) is 0 Å². The van der Waals surface area contributed by atoms with Crippen LogP contribution in [0.4, 0.5) is 0 Å². The summed E-state index contributed by atoms with van der Waals surface area (Å²) in [5.74, 6) is -3.07. The van der Waals surface area contributed by atoms with E-state index >= 15 is 0 Å². The molecule has 2 amide bonds. The van der Waals surface area contributed by atoms with Gasteiger partial charge in [0.2, 0.25) is 11.8 Å². The van der Waals surface area contributed by atoms with Crippen molar-refractivity contribution < 1.29 is 19.5 Å². The molecule has 1 aromatic heterocycles. The monoisotopic (exact) mass is 284 g/mol. The number of carbonyl (C=O) groups excluding carboxylic acids is 2. The Labute approximate surface area is 111 Å². The molecule has 4 N–H and O–H groups in total. The number of amides is 2. The minimum atomic E-state index is -1.34. The largest absolute Gasteiger partial charge is 0.480 e. The summed E-state index contributed by atoms with van der Waals surface area (Å²) in [7, 11) is 0. The molecule has 0 radical (unpaired) electrons. The lowest BCUT2D eigenvalue weighted by molar-refractivity contribution is -0.146. The Hall–Kier alpha value is -2.91. The zero-order valence-electron chi connectivity index (χ0n) is 10.2. The van der Waals surface area contributed by atoms with Crippen LogP contribution in [0.1, 0.15) is 0 Å². The van der Waals surface area contributed by atoms with Crippen molar-refractivity contribution in [2.24, 2.45) is 5.73 Å². The third kappa shape index (κ3) is 4.40. The number of aromatic amines is 1. The molecule has 0 fully saturated rings. The van der Waals surface area contributed by atoms with Crippen LogP contribution in [0.15, 0.2) is 21.7 Å². The van der Waals surface area contributed by atoms with Crippen LogP contribution in [0.3, 0.4) is 0 Å². The Balaban J connectivity index is 2.92. The Morgan fingerprint density at radius 1 is 1.25 bits per heavy atom. The first-order chi connectivity index (χ1) is 9.29. The molecule has 0 aliphatic carbocycles. The van der Waals surface area contributed by atoms with Crippen LogP contribution in [0.2, 0.25) is 0 Å². The first kappa shape index (κ1) is 15.1. The molecule has 10 nitrogen and oxygen atoms in total. The number of hydrogen-bond acceptors (Lipinski definition) is 5. The topological polar surface area (TPSA) is 156 Å². The van der Waals surface area contributed by atoms with E-state index in [1.807, 2.05) is 0 Å². The lowest BCUT2D eigenvalue weighted by Gasteiger charge is -2.19. The van der Waals surface area contributed by atoms with E-state index in [4.69, 9.17) is 10.8 Å². The molecule has 0 aromatic carbocycles. The highest BCUT2D eigenvalue weighted by Gasteiger charge is 2.19. The molecule has 0 saturated carbocycles. The highest BCUT2D eigenvalue weighted by molar-refractivity contribution is 5.86. The second kappa shape index (κ2) is 6.31. The molecule has 1 aromatic rings. The number of nitrogens with two attached hydrogens (primary N) is 1. The predicted octanol–water partition coefficient (Wildman–Crippen LogP) is -3.06. The van der Waals surface area contributed by atoms with Crippen LogP contribution in [0.5, 0.6) is 0 Å². The molecule has 10 heteroatoms. The molecule has 0 aliphatic heterocycles. The van der Waals surface area contributed by atoms with Crippen molar-refractivity contribution >= 4 is 17.8 Å². The first-order valence-electron chi connectivity index (χ1n) is 5.37. The van der Waals surface area contributed by atoms with E-state index in [2.05, 4.69) is 5.10 Å². The fourth-order valence-electron chi connectivity index (χ4n) is 1.40. The maximum absolute atomic E-state index is 11.8. The first-order valence-corrected chi connectivity index (χ1v) is 5.37. The van der Waals surface area contributed by atoms with Gasteiger partial charge in [0.25, 0.3) is 11.1 Å². The fraction of sp³-hybridized carbons (Fsp3) is 0.300. The molecule has 1 rings (SSSR count). The molecule has 0 saturated heterocycles. The third-order valence-corrected chi connectivity index (χ3v) is 2.21. The third-order valence-electron chi connectivity index (χ3n) is 2.21. The fourth-order valence-corrected chi connectivity index (χ4v) is 1.40. The van der Waals surface area contributed by atoms with Gasteiger partial charge >= 0.3 is 5.97 Å². The highest BCUT2D eigenvalue weighted by Crippen LogP contribution is 1.92. The zero-order valence-corrected chi connectivity index (χ0v) is 10.2. The molecule has 0 bridgehead atoms. The van der Waals surface area contributed by atoms with Crippen LogP contribution in [0.25, 0.3) is 0 Å². The molecule has 0 unspecified atom stereocenters. The van der Waals surface area contributed by atoms with Crippen LogP contribution in [-0.2, 0) is 20.9 Å². The van der Waals surface area contributed by atoms with E-state index in [9.17, 15) is 24.0 Å². The molecule has 20 heavy (non-hydrogen) atoms. The van der Waals surface area contributed by atoms with Crippen molar-refractivity contribution in [3.05, 3.63) is 32.8 Å². The number of rotatable bonds is 6. The lowest BCUT2D eigenvalue weighted by atomic mass is 10.4. The van der Waals surface area contributed by atoms with Gasteiger partial charge in [-0.1, -0.05) is 0 Å². The van der Waals surface area contributed by atoms with E-state index in [0.717, 1.165) is 12.1 Å². The van der Waals surface area contributed by atoms with Gasteiger partial charge in [-0.2, -0.15) is 0 Å². The molecular weight excluding hydrogens is 272 g/mol. The van der Waals surface area contributed by atoms with Gasteiger partial charge in [0.1, 0.15) is 13.1 Å². The van der Waals surface area contributed by atoms with E-state index < -0.39 is 48.5 Å². The number of aromatic nitrogens is 2. The summed E-state index contributed by atoms with van der Waals surface area (Å²) >= 11 is 0. The van der Waals surface area contributed by atoms with E-state index in [1.54, 1.807) is 0 Å². The van der Waals surface area contributed by atoms with Gasteiger partial charge in [-0.25, -0.2) is 4.68 Å². The molecule has 0 spiro atoms. The molecule has 108 valence electrons. The maximum Gasteiger partial charge on any atom is 0.323 e. The number of H-pyrrole nitrogens is 1. The summed E-state index contributed by atoms with van der Waals surface area (Å²) in [6.45, 7) is -1.94. The average molecular weight is 284 g/mol. The van der Waals surface area contributed by atoms with Crippen molar-refractivity contribution in [2.45, 2.75) is 6.54 Å². The minimum Gasteiger partial charge on any atom is -0.480 e. The van der Waals surface area contributed by atoms with Gasteiger partial charge < -0.3 is 15.7 Å². The normalized spacial score (nSPS) is 10.0. The van der Waals surface area contributed by atoms with E-state index in [0.29, 0.717) is 9.58 Å². The van der Waals surface area contributed by atoms with Gasteiger partial charge in [0.05, 0.1) is 6.54 Å². The average Bonchev–Trinajstić information content (AvgIpc) is 2.31. The summed E-state index contributed by atoms with van der Waals surface area (Å²) < 4.78 is 0.709. The molecule has 1 heterocycles. The van der Waals surface area contributed by atoms with Gasteiger partial charge in [0.15, 0.2) is 0 Å². The van der Waals surface area contributed by atoms with Crippen molar-refractivity contribution in [3.63, 3.8) is 0 Å². The van der Waals surface area contributed by atoms with Crippen molar-refractivity contribution in [3.8, 4) is 0 Å². The number of aliphatic carboxylic acids is 1. The number of carbonyl (C=O) groups is 3. The van der Waals surface area contributed by atoms with Crippen molar-refractivity contribution in [2.75, 3.05) is 13.1 Å². The van der Waals surface area contributed by atoms with Crippen LogP contribution >= 0.6 is 0 Å². The molecule has 0 aliphatic rings. The van der Waals surface area contributed by atoms with Gasteiger partial charge in [-0.05, 0) is 0 Å². The zero-order chi connectivity index (χ0) is 15.3. The summed E-state index contributed by atoms with van der Waals surface area (Å²) in [6.07, 6.45) is 0. The van der Waals surface area contributed by atoms with E-state index in [1.165, 1.54) is 0 Å². The second-order valence-electron chi connectivity index (χ2n) is 3.84. The minimum absolute atomic E-state index is 0.600. The van der Waals surface area contributed by atoms with Gasteiger partial charge in [0, 0.05) is 12.1 Å². The Kier molecular flexibility index (Phi) is 4.78. The molecular formula is C10H12N4O6. The molecule has 0 atom stereocenters. The quantitative estimate of drug-likeness (QED) is 0.503. The van der Waals surface area contributed by atoms with Crippen LogP contribution < -0.4 is 16.9 Å². The number of nitrogens with zero attached hydrogens (tertiary/aromatic N) is 2. The van der Waals surface area contributed by atoms with Gasteiger partial charge in [-0.15, -0.1) is 0 Å². The predicted molar refractivity (Wildman–Crippen MR) is 64.7 cm³/mol. The maximum atomic E-state index is 11.8. The van der Waals surface area contributed by atoms with Crippen molar-refractivity contribution in [1.82, 2.24) is 14.7 Å². The summed E-state index contributed by atoms with van der Waals surface area (Å²) in [6, 6.07) is 1.95. The number of nitrogens with one attached hydrogen (secondary N) is 1. The van der Waals surface area contributed by atoms with Crippen LogP contribution in [-0.4, -0.2) is 50.7 Å². The van der Waals surface area contributed by atoms with Gasteiger partial charge in [-0.3, -0.25) is 29.1 Å². The number of carboxylic acid groups (broad SMARTS) is 1. The Morgan fingerprint density at radius 2 is 1.90 bits per heavy atom. The van der Waals surface area contributed by atoms with Crippen LogP contribution in [0, 0.1) is 0 Å². The summed E-state index contributed by atoms with van der Waals surface area (Å²) in [5.41, 5.74) is 3.66. The number of carboxylic acids is 1. The smallest absolute Gasteiger partial charge is 0.323 e. The lowest BCUT2D eigenvalue weighted by Crippen LogP contribution is -2.44. The summed E-state index contributed by atoms with van der Waals surface area (Å²) in [4.78, 5) is 56.3. The second-order valence-corrected chi connectivity index (χ2v) is 3.84. The van der Waals surface area contributed by atoms with E-state index in [-0.39, 0.29) is 0 Å². The Morgan fingerprint density at radius 3 is 2.45 bits per heavy atom. The SMILES string of the molecule is NC(=O)CN(CC(=O)O)C(=O)Cn1[nH]c(=O)ccc1=O. The number of primary amides is 1. The number of hydrogen-bond donors (Lipinski definition) is 3.